The highest BCUT2D eigenvalue weighted by Crippen LogP contribution is 2.24. The Hall–Kier alpha value is -2.36. The first-order chi connectivity index (χ1) is 10.6. The molecule has 1 saturated carbocycles. The predicted octanol–water partition coefficient (Wildman–Crippen LogP) is 3.45. The molecule has 1 fully saturated rings. The summed E-state index contributed by atoms with van der Waals surface area (Å²) in [5.74, 6) is 0. The minimum Gasteiger partial charge on any atom is -0.382 e. The molecule has 3 rings (SSSR count). The van der Waals surface area contributed by atoms with E-state index in [1.807, 2.05) is 37.3 Å². The van der Waals surface area contributed by atoms with Gasteiger partial charge < -0.3 is 10.3 Å². The van der Waals surface area contributed by atoms with Crippen LogP contribution in [0.1, 0.15) is 42.4 Å². The van der Waals surface area contributed by atoms with Crippen LogP contribution in [0.25, 0.3) is 0 Å². The maximum Gasteiger partial charge on any atom is 0.259 e. The zero-order valence-corrected chi connectivity index (χ0v) is 12.8. The summed E-state index contributed by atoms with van der Waals surface area (Å²) in [6.45, 7) is 2.01. The number of hydrogen-bond acceptors (Lipinski definition) is 3. The van der Waals surface area contributed by atoms with E-state index < -0.39 is 0 Å². The summed E-state index contributed by atoms with van der Waals surface area (Å²) in [5, 5.41) is 11.9. The number of aromatic amines is 1. The van der Waals surface area contributed by atoms with E-state index in [0.29, 0.717) is 11.6 Å². The number of rotatable bonds is 4. The van der Waals surface area contributed by atoms with Crippen molar-refractivity contribution in [2.24, 2.45) is 0 Å². The molecule has 3 N–H and O–H groups in total. The Kier molecular flexibility index (Phi) is 4.09. The Morgan fingerprint density at radius 2 is 1.86 bits per heavy atom. The number of pyridine rings is 1. The number of hydrogen-bond donors (Lipinski definition) is 3. The van der Waals surface area contributed by atoms with Crippen molar-refractivity contribution in [3.05, 3.63) is 63.6 Å². The Morgan fingerprint density at radius 3 is 2.55 bits per heavy atom. The minimum absolute atomic E-state index is 0.214. The maximum absolute atomic E-state index is 12.3. The normalized spacial score (nSPS) is 15.0. The predicted molar refractivity (Wildman–Crippen MR) is 90.1 cm³/mol. The lowest BCUT2D eigenvalue weighted by atomic mass is 10.0. The van der Waals surface area contributed by atoms with Crippen molar-refractivity contribution in [2.75, 3.05) is 5.32 Å². The summed E-state index contributed by atoms with van der Waals surface area (Å²) in [4.78, 5) is 14.9. The van der Waals surface area contributed by atoms with Gasteiger partial charge in [-0.15, -0.1) is 0 Å². The molecule has 0 unspecified atom stereocenters. The van der Waals surface area contributed by atoms with Gasteiger partial charge in [0.1, 0.15) is 0 Å². The van der Waals surface area contributed by atoms with Gasteiger partial charge in [0.2, 0.25) is 0 Å². The largest absolute Gasteiger partial charge is 0.382 e. The Labute approximate surface area is 130 Å². The highest BCUT2D eigenvalue weighted by molar-refractivity contribution is 6.13. The third kappa shape index (κ3) is 2.96. The summed E-state index contributed by atoms with van der Waals surface area (Å²) in [6, 6.07) is 9.98. The van der Waals surface area contributed by atoms with E-state index >= 15 is 0 Å². The second kappa shape index (κ2) is 6.18. The molecule has 114 valence electrons. The van der Waals surface area contributed by atoms with Crippen LogP contribution < -0.4 is 10.9 Å². The van der Waals surface area contributed by atoms with E-state index in [-0.39, 0.29) is 11.3 Å². The molecule has 0 atom stereocenters. The highest BCUT2D eigenvalue weighted by Gasteiger charge is 2.19. The topological polar surface area (TPSA) is 68.7 Å². The lowest BCUT2D eigenvalue weighted by Crippen LogP contribution is -2.24. The first-order valence-corrected chi connectivity index (χ1v) is 7.79. The van der Waals surface area contributed by atoms with Crippen molar-refractivity contribution >= 4 is 11.4 Å². The van der Waals surface area contributed by atoms with Crippen molar-refractivity contribution < 1.29 is 0 Å². The first-order valence-electron chi connectivity index (χ1n) is 7.79. The summed E-state index contributed by atoms with van der Waals surface area (Å²) < 4.78 is 0. The van der Waals surface area contributed by atoms with Crippen molar-refractivity contribution in [3.8, 4) is 0 Å². The van der Waals surface area contributed by atoms with Crippen LogP contribution in [0.5, 0.6) is 0 Å². The Morgan fingerprint density at radius 1 is 1.18 bits per heavy atom. The van der Waals surface area contributed by atoms with E-state index in [0.717, 1.165) is 29.7 Å². The van der Waals surface area contributed by atoms with Gasteiger partial charge >= 0.3 is 0 Å². The van der Waals surface area contributed by atoms with Crippen LogP contribution >= 0.6 is 0 Å². The van der Waals surface area contributed by atoms with Crippen molar-refractivity contribution in [1.29, 1.82) is 5.41 Å². The number of aromatic nitrogens is 1. The van der Waals surface area contributed by atoms with Crippen LogP contribution in [-0.4, -0.2) is 16.7 Å². The molecule has 0 aliphatic heterocycles. The average Bonchev–Trinajstić information content (AvgIpc) is 3.01. The van der Waals surface area contributed by atoms with Gasteiger partial charge in [0, 0.05) is 17.8 Å². The van der Waals surface area contributed by atoms with Gasteiger partial charge in [-0.2, -0.15) is 0 Å². The van der Waals surface area contributed by atoms with Gasteiger partial charge in [-0.3, -0.25) is 10.2 Å². The molecule has 0 bridgehead atoms. The second-order valence-corrected chi connectivity index (χ2v) is 5.96. The molecule has 1 heterocycles. The van der Waals surface area contributed by atoms with Crippen LogP contribution in [0, 0.1) is 12.3 Å². The molecule has 1 aliphatic rings. The molecular formula is C18H21N3O. The monoisotopic (exact) mass is 295 g/mol. The van der Waals surface area contributed by atoms with Gasteiger partial charge in [0.15, 0.2) is 0 Å². The summed E-state index contributed by atoms with van der Waals surface area (Å²) in [6.07, 6.45) is 6.36. The fourth-order valence-electron chi connectivity index (χ4n) is 3.00. The molecule has 1 aromatic heterocycles. The van der Waals surface area contributed by atoms with Gasteiger partial charge in [0.25, 0.3) is 5.56 Å². The molecule has 1 aliphatic carbocycles. The fraction of sp³-hybridized carbons (Fsp3) is 0.333. The van der Waals surface area contributed by atoms with Crippen LogP contribution in [0.4, 0.5) is 5.69 Å². The lowest BCUT2D eigenvalue weighted by Gasteiger charge is -2.17. The van der Waals surface area contributed by atoms with Gasteiger partial charge in [0.05, 0.1) is 17.0 Å². The zero-order chi connectivity index (χ0) is 15.5. The minimum atomic E-state index is -0.214. The van der Waals surface area contributed by atoms with Crippen molar-refractivity contribution in [2.45, 2.75) is 38.6 Å². The molecule has 22 heavy (non-hydrogen) atoms. The van der Waals surface area contributed by atoms with E-state index in [1.165, 1.54) is 12.8 Å². The quantitative estimate of drug-likeness (QED) is 0.756. The first kappa shape index (κ1) is 14.6. The van der Waals surface area contributed by atoms with E-state index in [9.17, 15) is 4.79 Å². The zero-order valence-electron chi connectivity index (χ0n) is 12.8. The number of aryl methyl sites for hydroxylation is 1. The molecule has 4 nitrogen and oxygen atoms in total. The molecule has 4 heteroatoms. The van der Waals surface area contributed by atoms with Gasteiger partial charge in [-0.1, -0.05) is 42.7 Å². The highest BCUT2D eigenvalue weighted by atomic mass is 16.1. The second-order valence-electron chi connectivity index (χ2n) is 5.96. The van der Waals surface area contributed by atoms with Crippen LogP contribution in [0.3, 0.4) is 0 Å². The molecule has 0 radical (unpaired) electrons. The molecule has 0 saturated heterocycles. The van der Waals surface area contributed by atoms with Crippen LogP contribution in [0.15, 0.2) is 41.3 Å². The number of benzene rings is 1. The van der Waals surface area contributed by atoms with Crippen LogP contribution in [-0.2, 0) is 0 Å². The standard InChI is InChI=1S/C18H21N3O/c1-12-6-8-13(9-7-12)17(19)16-15(10-11-20-18(16)22)21-14-4-2-3-5-14/h6-11,14,19H,2-5H2,1H3,(H2,20,21,22). The SMILES string of the molecule is Cc1ccc(C(=N)c2c(NC3CCCC3)cc[nH]c2=O)cc1. The molecule has 1 aromatic carbocycles. The summed E-state index contributed by atoms with van der Waals surface area (Å²) in [5.41, 5.74) is 3.15. The van der Waals surface area contributed by atoms with Gasteiger partial charge in [-0.25, -0.2) is 0 Å². The third-order valence-electron chi connectivity index (χ3n) is 4.27. The van der Waals surface area contributed by atoms with Crippen molar-refractivity contribution in [3.63, 3.8) is 0 Å². The molecule has 0 amide bonds. The summed E-state index contributed by atoms with van der Waals surface area (Å²) in [7, 11) is 0. The molecular weight excluding hydrogens is 274 g/mol. The molecule has 2 aromatic rings. The van der Waals surface area contributed by atoms with Crippen LogP contribution in [0.2, 0.25) is 0 Å². The van der Waals surface area contributed by atoms with E-state index in [4.69, 9.17) is 5.41 Å². The number of nitrogens with one attached hydrogen (secondary N) is 3. The Bertz CT molecular complexity index is 725. The van der Waals surface area contributed by atoms with Gasteiger partial charge in [-0.05, 0) is 25.8 Å². The van der Waals surface area contributed by atoms with Crippen molar-refractivity contribution in [1.82, 2.24) is 4.98 Å². The van der Waals surface area contributed by atoms with E-state index in [1.54, 1.807) is 6.20 Å². The third-order valence-corrected chi connectivity index (χ3v) is 4.27. The smallest absolute Gasteiger partial charge is 0.259 e. The molecule has 0 spiro atoms. The number of anilines is 1. The Balaban J connectivity index is 1.96. The van der Waals surface area contributed by atoms with E-state index in [2.05, 4.69) is 10.3 Å². The number of H-pyrrole nitrogens is 1. The fourth-order valence-corrected chi connectivity index (χ4v) is 3.00. The lowest BCUT2D eigenvalue weighted by molar-refractivity contribution is 0.754. The average molecular weight is 295 g/mol. The summed E-state index contributed by atoms with van der Waals surface area (Å²) >= 11 is 0. The maximum atomic E-state index is 12.3.